The summed E-state index contributed by atoms with van der Waals surface area (Å²) in [6.07, 6.45) is 4.28. The normalized spacial score (nSPS) is 19.1. The summed E-state index contributed by atoms with van der Waals surface area (Å²) in [6.45, 7) is 10.1. The fourth-order valence-electron chi connectivity index (χ4n) is 5.09. The van der Waals surface area contributed by atoms with Crippen molar-refractivity contribution in [3.05, 3.63) is 71.3 Å². The van der Waals surface area contributed by atoms with Crippen molar-refractivity contribution in [1.82, 2.24) is 10.2 Å². The van der Waals surface area contributed by atoms with E-state index in [4.69, 9.17) is 0 Å². The molecular formula is C29H38N2O2. The van der Waals surface area contributed by atoms with Crippen LogP contribution in [0.15, 0.2) is 54.6 Å². The Morgan fingerprint density at radius 2 is 1.61 bits per heavy atom. The van der Waals surface area contributed by atoms with Gasteiger partial charge < -0.3 is 10.2 Å². The van der Waals surface area contributed by atoms with Crippen LogP contribution >= 0.6 is 0 Å². The van der Waals surface area contributed by atoms with E-state index in [0.717, 1.165) is 43.2 Å². The van der Waals surface area contributed by atoms with Crippen LogP contribution in [-0.4, -0.2) is 35.8 Å². The Kier molecular flexibility index (Phi) is 6.65. The molecule has 4 nitrogen and oxygen atoms in total. The summed E-state index contributed by atoms with van der Waals surface area (Å²) in [4.78, 5) is 28.4. The summed E-state index contributed by atoms with van der Waals surface area (Å²) in [5.41, 5.74) is 3.27. The third kappa shape index (κ3) is 5.00. The molecule has 2 aromatic rings. The van der Waals surface area contributed by atoms with Crippen LogP contribution in [-0.2, 0) is 20.4 Å². The monoisotopic (exact) mass is 446 g/mol. The van der Waals surface area contributed by atoms with Gasteiger partial charge in [0.25, 0.3) is 0 Å². The number of nitrogens with one attached hydrogen (secondary N) is 1. The number of hydrogen-bond donors (Lipinski definition) is 1. The zero-order valence-corrected chi connectivity index (χ0v) is 20.6. The van der Waals surface area contributed by atoms with Crippen molar-refractivity contribution < 1.29 is 9.59 Å². The van der Waals surface area contributed by atoms with Gasteiger partial charge in [0.2, 0.25) is 11.8 Å². The third-order valence-corrected chi connectivity index (χ3v) is 7.54. The van der Waals surface area contributed by atoms with Crippen LogP contribution in [0.4, 0.5) is 0 Å². The summed E-state index contributed by atoms with van der Waals surface area (Å²) in [6, 6.07) is 18.8. The minimum Gasteiger partial charge on any atom is -0.352 e. The minimum atomic E-state index is -0.357. The zero-order chi connectivity index (χ0) is 23.6. The van der Waals surface area contributed by atoms with Crippen LogP contribution in [0, 0.1) is 0 Å². The lowest BCUT2D eigenvalue weighted by atomic mass is 9.84. The first-order valence-electron chi connectivity index (χ1n) is 12.5. The predicted octanol–water partition coefficient (Wildman–Crippen LogP) is 5.32. The molecular weight excluding hydrogens is 408 g/mol. The minimum absolute atomic E-state index is 0.0804. The molecule has 0 spiro atoms. The van der Waals surface area contributed by atoms with Crippen molar-refractivity contribution in [2.75, 3.05) is 13.1 Å². The Morgan fingerprint density at radius 3 is 2.12 bits per heavy atom. The molecule has 2 fully saturated rings. The van der Waals surface area contributed by atoms with Crippen molar-refractivity contribution in [3.8, 4) is 0 Å². The summed E-state index contributed by atoms with van der Waals surface area (Å²) >= 11 is 0. The maximum absolute atomic E-state index is 13.2. The van der Waals surface area contributed by atoms with Gasteiger partial charge in [-0.05, 0) is 54.2 Å². The van der Waals surface area contributed by atoms with E-state index in [1.54, 1.807) is 0 Å². The highest BCUT2D eigenvalue weighted by Crippen LogP contribution is 2.49. The first kappa shape index (κ1) is 23.5. The van der Waals surface area contributed by atoms with E-state index in [0.29, 0.717) is 13.1 Å². The fraction of sp³-hybridized carbons (Fsp3) is 0.517. The van der Waals surface area contributed by atoms with Gasteiger partial charge >= 0.3 is 0 Å². The number of likely N-dealkylation sites (tertiary alicyclic amines) is 1. The highest BCUT2D eigenvalue weighted by atomic mass is 16.2. The Morgan fingerprint density at radius 1 is 1.00 bits per heavy atom. The SMILES string of the molecule is CCC(C(=O)N1CCC(NC(=O)C2(c3ccc(C(C)(C)C)cc3)CC2)CC1)c1ccccc1. The van der Waals surface area contributed by atoms with E-state index < -0.39 is 0 Å². The average molecular weight is 447 g/mol. The number of nitrogens with zero attached hydrogens (tertiary/aromatic N) is 1. The van der Waals surface area contributed by atoms with Gasteiger partial charge in [-0.25, -0.2) is 0 Å². The number of benzene rings is 2. The predicted molar refractivity (Wildman–Crippen MR) is 133 cm³/mol. The Labute approximate surface area is 198 Å². The van der Waals surface area contributed by atoms with Crippen molar-refractivity contribution in [2.45, 2.75) is 82.6 Å². The van der Waals surface area contributed by atoms with E-state index >= 15 is 0 Å². The molecule has 1 atom stereocenters. The third-order valence-electron chi connectivity index (χ3n) is 7.54. The number of carbonyl (C=O) groups is 2. The van der Waals surface area contributed by atoms with Crippen LogP contribution in [0.25, 0.3) is 0 Å². The molecule has 1 saturated heterocycles. The van der Waals surface area contributed by atoms with Crippen molar-refractivity contribution in [2.24, 2.45) is 0 Å². The van der Waals surface area contributed by atoms with Gasteiger partial charge in [-0.15, -0.1) is 0 Å². The second-order valence-electron chi connectivity index (χ2n) is 10.9. The lowest BCUT2D eigenvalue weighted by Crippen LogP contribution is -2.49. The van der Waals surface area contributed by atoms with Gasteiger partial charge in [0.15, 0.2) is 0 Å². The maximum Gasteiger partial charge on any atom is 0.230 e. The molecule has 2 amide bonds. The van der Waals surface area contributed by atoms with Gasteiger partial charge in [0.05, 0.1) is 11.3 Å². The first-order valence-corrected chi connectivity index (χ1v) is 12.5. The molecule has 1 aliphatic heterocycles. The topological polar surface area (TPSA) is 49.4 Å². The summed E-state index contributed by atoms with van der Waals surface area (Å²) in [5.74, 6) is 0.292. The Balaban J connectivity index is 1.33. The molecule has 1 heterocycles. The molecule has 0 aromatic heterocycles. The second kappa shape index (κ2) is 9.32. The van der Waals surface area contributed by atoms with Crippen molar-refractivity contribution in [1.29, 1.82) is 0 Å². The number of amides is 2. The lowest BCUT2D eigenvalue weighted by Gasteiger charge is -2.35. The van der Waals surface area contributed by atoms with E-state index in [-0.39, 0.29) is 34.6 Å². The quantitative estimate of drug-likeness (QED) is 0.653. The molecule has 0 bridgehead atoms. The molecule has 0 radical (unpaired) electrons. The number of piperidine rings is 1. The molecule has 33 heavy (non-hydrogen) atoms. The molecule has 4 heteroatoms. The molecule has 1 N–H and O–H groups in total. The molecule has 1 unspecified atom stereocenters. The van der Waals surface area contributed by atoms with E-state index in [1.165, 1.54) is 5.56 Å². The van der Waals surface area contributed by atoms with Crippen LogP contribution in [0.1, 0.15) is 82.4 Å². The van der Waals surface area contributed by atoms with Crippen LogP contribution in [0.5, 0.6) is 0 Å². The molecule has 2 aromatic carbocycles. The van der Waals surface area contributed by atoms with E-state index in [9.17, 15) is 9.59 Å². The van der Waals surface area contributed by atoms with Crippen LogP contribution in [0.2, 0.25) is 0 Å². The van der Waals surface area contributed by atoms with Gasteiger partial charge in [-0.3, -0.25) is 9.59 Å². The number of hydrogen-bond acceptors (Lipinski definition) is 2. The zero-order valence-electron chi connectivity index (χ0n) is 20.6. The van der Waals surface area contributed by atoms with Crippen LogP contribution < -0.4 is 5.32 Å². The molecule has 1 aliphatic carbocycles. The van der Waals surface area contributed by atoms with Gasteiger partial charge in [0.1, 0.15) is 0 Å². The van der Waals surface area contributed by atoms with Crippen LogP contribution in [0.3, 0.4) is 0 Å². The van der Waals surface area contributed by atoms with E-state index in [2.05, 4.69) is 57.3 Å². The molecule has 176 valence electrons. The smallest absolute Gasteiger partial charge is 0.230 e. The Hall–Kier alpha value is -2.62. The molecule has 2 aliphatic rings. The van der Waals surface area contributed by atoms with E-state index in [1.807, 2.05) is 35.2 Å². The highest BCUT2D eigenvalue weighted by molar-refractivity contribution is 5.91. The largest absolute Gasteiger partial charge is 0.352 e. The first-order chi connectivity index (χ1) is 15.7. The molecule has 1 saturated carbocycles. The molecule has 4 rings (SSSR count). The highest BCUT2D eigenvalue weighted by Gasteiger charge is 2.51. The number of rotatable bonds is 6. The second-order valence-corrected chi connectivity index (χ2v) is 10.9. The summed E-state index contributed by atoms with van der Waals surface area (Å²) < 4.78 is 0. The van der Waals surface area contributed by atoms with Crippen molar-refractivity contribution in [3.63, 3.8) is 0 Å². The number of carbonyl (C=O) groups excluding carboxylic acids is 2. The summed E-state index contributed by atoms with van der Waals surface area (Å²) in [7, 11) is 0. The lowest BCUT2D eigenvalue weighted by molar-refractivity contribution is -0.134. The van der Waals surface area contributed by atoms with Gasteiger partial charge in [0, 0.05) is 19.1 Å². The maximum atomic E-state index is 13.2. The fourth-order valence-corrected chi connectivity index (χ4v) is 5.09. The summed E-state index contributed by atoms with van der Waals surface area (Å²) in [5, 5.41) is 3.32. The van der Waals surface area contributed by atoms with Gasteiger partial charge in [-0.1, -0.05) is 82.3 Å². The standard InChI is InChI=1S/C29H38N2O2/c1-5-25(21-9-7-6-8-10-21)26(32)31-19-15-24(16-20-31)30-27(33)29(17-18-29)23-13-11-22(12-14-23)28(2,3)4/h6-14,24-25H,5,15-20H2,1-4H3,(H,30,33). The van der Waals surface area contributed by atoms with Crippen molar-refractivity contribution >= 4 is 11.8 Å². The van der Waals surface area contributed by atoms with Gasteiger partial charge in [-0.2, -0.15) is 0 Å². The Bertz CT molecular complexity index is 963. The average Bonchev–Trinajstić information content (AvgIpc) is 3.62.